The summed E-state index contributed by atoms with van der Waals surface area (Å²) in [5, 5.41) is 3.13. The summed E-state index contributed by atoms with van der Waals surface area (Å²) in [5.41, 5.74) is 2.83. The molecule has 5 nitrogen and oxygen atoms in total. The van der Waals surface area contributed by atoms with Gasteiger partial charge in [0.1, 0.15) is 0 Å². The lowest BCUT2D eigenvalue weighted by molar-refractivity contribution is -0.123. The molecular formula is C19H29N3O2. The van der Waals surface area contributed by atoms with Crippen molar-refractivity contribution in [1.82, 2.24) is 15.1 Å². The van der Waals surface area contributed by atoms with Crippen LogP contribution in [0.3, 0.4) is 0 Å². The van der Waals surface area contributed by atoms with E-state index in [2.05, 4.69) is 53.2 Å². The molecule has 0 aliphatic carbocycles. The SMILES string of the molecule is CC(C)(CNC(=O)CN1CCOCC1)N1CCc2ccccc2C1. The molecule has 0 bridgehead atoms. The third kappa shape index (κ3) is 4.35. The fraction of sp³-hybridized carbons (Fsp3) is 0.632. The number of nitrogens with one attached hydrogen (secondary N) is 1. The molecule has 2 aliphatic rings. The van der Waals surface area contributed by atoms with E-state index in [1.165, 1.54) is 11.1 Å². The second kappa shape index (κ2) is 7.64. The summed E-state index contributed by atoms with van der Waals surface area (Å²) in [4.78, 5) is 16.9. The van der Waals surface area contributed by atoms with E-state index in [9.17, 15) is 4.79 Å². The summed E-state index contributed by atoms with van der Waals surface area (Å²) in [6.07, 6.45) is 1.08. The third-order valence-electron chi connectivity index (χ3n) is 5.18. The average Bonchev–Trinajstić information content (AvgIpc) is 2.60. The van der Waals surface area contributed by atoms with Crippen molar-refractivity contribution in [3.63, 3.8) is 0 Å². The van der Waals surface area contributed by atoms with Crippen LogP contribution in [0.2, 0.25) is 0 Å². The molecular weight excluding hydrogens is 302 g/mol. The van der Waals surface area contributed by atoms with Crippen LogP contribution in [0.5, 0.6) is 0 Å². The summed E-state index contributed by atoms with van der Waals surface area (Å²) < 4.78 is 5.32. The summed E-state index contributed by atoms with van der Waals surface area (Å²) in [6.45, 7) is 10.7. The number of benzene rings is 1. The first kappa shape index (κ1) is 17.4. The molecule has 0 spiro atoms. The maximum Gasteiger partial charge on any atom is 0.234 e. The monoisotopic (exact) mass is 331 g/mol. The highest BCUT2D eigenvalue weighted by atomic mass is 16.5. The molecule has 0 unspecified atom stereocenters. The van der Waals surface area contributed by atoms with Crippen LogP contribution < -0.4 is 5.32 Å². The highest BCUT2D eigenvalue weighted by Crippen LogP contribution is 2.24. The Balaban J connectivity index is 1.49. The minimum Gasteiger partial charge on any atom is -0.379 e. The molecule has 2 aliphatic heterocycles. The lowest BCUT2D eigenvalue weighted by Crippen LogP contribution is -2.54. The van der Waals surface area contributed by atoms with Crippen LogP contribution in [-0.2, 0) is 22.5 Å². The van der Waals surface area contributed by atoms with Crippen molar-refractivity contribution in [2.24, 2.45) is 0 Å². The lowest BCUT2D eigenvalue weighted by atomic mass is 9.94. The minimum absolute atomic E-state index is 0.0474. The van der Waals surface area contributed by atoms with Crippen LogP contribution in [0.15, 0.2) is 24.3 Å². The van der Waals surface area contributed by atoms with Gasteiger partial charge in [-0.05, 0) is 31.4 Å². The van der Waals surface area contributed by atoms with E-state index in [1.807, 2.05) is 0 Å². The van der Waals surface area contributed by atoms with Gasteiger partial charge in [0, 0.05) is 38.3 Å². The smallest absolute Gasteiger partial charge is 0.234 e. The van der Waals surface area contributed by atoms with Crippen LogP contribution in [-0.4, -0.2) is 67.2 Å². The van der Waals surface area contributed by atoms with E-state index in [0.717, 1.165) is 45.8 Å². The van der Waals surface area contributed by atoms with E-state index in [0.29, 0.717) is 13.1 Å². The van der Waals surface area contributed by atoms with Gasteiger partial charge in [0.05, 0.1) is 19.8 Å². The molecule has 1 fully saturated rings. The standard InChI is InChI=1S/C19H29N3O2/c1-19(2,15-20-18(23)14-21-9-11-24-12-10-21)22-8-7-16-5-3-4-6-17(16)13-22/h3-6H,7-15H2,1-2H3,(H,20,23). The predicted molar refractivity (Wildman–Crippen MR) is 94.9 cm³/mol. The van der Waals surface area contributed by atoms with Gasteiger partial charge in [0.15, 0.2) is 0 Å². The Morgan fingerprint density at radius 2 is 1.88 bits per heavy atom. The van der Waals surface area contributed by atoms with Crippen molar-refractivity contribution in [3.05, 3.63) is 35.4 Å². The Labute approximate surface area is 145 Å². The van der Waals surface area contributed by atoms with Gasteiger partial charge >= 0.3 is 0 Å². The third-order valence-corrected chi connectivity index (χ3v) is 5.18. The van der Waals surface area contributed by atoms with E-state index < -0.39 is 0 Å². The highest BCUT2D eigenvalue weighted by Gasteiger charge is 2.30. The number of amides is 1. The summed E-state index contributed by atoms with van der Waals surface area (Å²) >= 11 is 0. The van der Waals surface area contributed by atoms with Gasteiger partial charge in [-0.3, -0.25) is 14.6 Å². The van der Waals surface area contributed by atoms with Crippen molar-refractivity contribution in [3.8, 4) is 0 Å². The number of ether oxygens (including phenoxy) is 1. The molecule has 0 radical (unpaired) electrons. The van der Waals surface area contributed by atoms with Crippen LogP contribution in [0.25, 0.3) is 0 Å². The number of carbonyl (C=O) groups excluding carboxylic acids is 1. The normalized spacial score (nSPS) is 19.8. The number of fused-ring (bicyclic) bond motifs is 1. The van der Waals surface area contributed by atoms with Crippen LogP contribution in [0, 0.1) is 0 Å². The van der Waals surface area contributed by atoms with Crippen molar-refractivity contribution in [2.75, 3.05) is 45.9 Å². The number of hydrogen-bond acceptors (Lipinski definition) is 4. The first-order chi connectivity index (χ1) is 11.5. The van der Waals surface area contributed by atoms with Gasteiger partial charge in [-0.1, -0.05) is 24.3 Å². The summed E-state index contributed by atoms with van der Waals surface area (Å²) in [6, 6.07) is 8.67. The molecule has 0 saturated carbocycles. The maximum atomic E-state index is 12.2. The second-order valence-electron chi connectivity index (χ2n) is 7.42. The Bertz CT molecular complexity index is 567. The fourth-order valence-corrected chi connectivity index (χ4v) is 3.46. The number of morpholine rings is 1. The molecule has 2 heterocycles. The minimum atomic E-state index is -0.0474. The number of rotatable bonds is 5. The van der Waals surface area contributed by atoms with Gasteiger partial charge < -0.3 is 10.1 Å². The summed E-state index contributed by atoms with van der Waals surface area (Å²) in [7, 11) is 0. The van der Waals surface area contributed by atoms with Crippen molar-refractivity contribution < 1.29 is 9.53 Å². The quantitative estimate of drug-likeness (QED) is 0.883. The predicted octanol–water partition coefficient (Wildman–Crippen LogP) is 1.27. The topological polar surface area (TPSA) is 44.8 Å². The van der Waals surface area contributed by atoms with Crippen molar-refractivity contribution >= 4 is 5.91 Å². The number of nitrogens with zero attached hydrogens (tertiary/aromatic N) is 2. The zero-order valence-corrected chi connectivity index (χ0v) is 14.9. The van der Waals surface area contributed by atoms with Crippen LogP contribution >= 0.6 is 0 Å². The Kier molecular flexibility index (Phi) is 5.54. The van der Waals surface area contributed by atoms with E-state index in [-0.39, 0.29) is 11.4 Å². The van der Waals surface area contributed by atoms with Gasteiger partial charge in [0.25, 0.3) is 0 Å². The molecule has 1 aromatic carbocycles. The first-order valence-corrected chi connectivity index (χ1v) is 8.93. The maximum absolute atomic E-state index is 12.2. The first-order valence-electron chi connectivity index (χ1n) is 8.93. The van der Waals surface area contributed by atoms with Crippen molar-refractivity contribution in [1.29, 1.82) is 0 Å². The molecule has 3 rings (SSSR count). The van der Waals surface area contributed by atoms with Gasteiger partial charge in [-0.15, -0.1) is 0 Å². The number of hydrogen-bond donors (Lipinski definition) is 1. The second-order valence-corrected chi connectivity index (χ2v) is 7.42. The van der Waals surface area contributed by atoms with Crippen LogP contribution in [0.1, 0.15) is 25.0 Å². The fourth-order valence-electron chi connectivity index (χ4n) is 3.46. The Hall–Kier alpha value is -1.43. The number of carbonyl (C=O) groups is 1. The molecule has 5 heteroatoms. The zero-order chi connectivity index (χ0) is 17.0. The average molecular weight is 331 g/mol. The molecule has 1 aromatic rings. The Morgan fingerprint density at radius 3 is 2.62 bits per heavy atom. The highest BCUT2D eigenvalue weighted by molar-refractivity contribution is 5.78. The van der Waals surface area contributed by atoms with E-state index in [4.69, 9.17) is 4.74 Å². The van der Waals surface area contributed by atoms with E-state index in [1.54, 1.807) is 0 Å². The molecule has 1 amide bonds. The lowest BCUT2D eigenvalue weighted by Gasteiger charge is -2.41. The zero-order valence-electron chi connectivity index (χ0n) is 14.9. The molecule has 132 valence electrons. The molecule has 1 N–H and O–H groups in total. The van der Waals surface area contributed by atoms with Gasteiger partial charge in [0.2, 0.25) is 5.91 Å². The molecule has 0 aromatic heterocycles. The molecule has 0 atom stereocenters. The van der Waals surface area contributed by atoms with Gasteiger partial charge in [-0.25, -0.2) is 0 Å². The van der Waals surface area contributed by atoms with Gasteiger partial charge in [-0.2, -0.15) is 0 Å². The molecule has 24 heavy (non-hydrogen) atoms. The largest absolute Gasteiger partial charge is 0.379 e. The Morgan fingerprint density at radius 1 is 1.17 bits per heavy atom. The van der Waals surface area contributed by atoms with Crippen molar-refractivity contribution in [2.45, 2.75) is 32.4 Å². The molecule has 1 saturated heterocycles. The van der Waals surface area contributed by atoms with E-state index >= 15 is 0 Å². The summed E-state index contributed by atoms with van der Waals surface area (Å²) in [5.74, 6) is 0.113. The van der Waals surface area contributed by atoms with Crippen LogP contribution in [0.4, 0.5) is 0 Å².